The molecule has 0 bridgehead atoms. The summed E-state index contributed by atoms with van der Waals surface area (Å²) < 4.78 is 7.46. The van der Waals surface area contributed by atoms with E-state index in [0.29, 0.717) is 6.73 Å². The number of rotatable bonds is 10. The van der Waals surface area contributed by atoms with E-state index >= 15 is 0 Å². The monoisotopic (exact) mass is 357 g/mol. The first kappa shape index (κ1) is 17.7. The van der Waals surface area contributed by atoms with Gasteiger partial charge in [-0.1, -0.05) is 30.3 Å². The highest BCUT2D eigenvalue weighted by Crippen LogP contribution is 2.25. The van der Waals surface area contributed by atoms with Crippen molar-refractivity contribution >= 4 is 28.6 Å². The fourth-order valence-corrected chi connectivity index (χ4v) is 3.59. The molecule has 0 atom stereocenters. The van der Waals surface area contributed by atoms with Crippen molar-refractivity contribution in [1.29, 1.82) is 0 Å². The Bertz CT molecular complexity index is 777. The van der Waals surface area contributed by atoms with Crippen LogP contribution in [-0.2, 0) is 11.5 Å². The smallest absolute Gasteiger partial charge is 0.170 e. The Hall–Kier alpha value is -2.12. The first-order valence-corrected chi connectivity index (χ1v) is 9.44. The molecule has 0 unspecified atom stereocenters. The number of hydrogen-bond acceptors (Lipinski definition) is 6. The van der Waals surface area contributed by atoms with Crippen molar-refractivity contribution in [2.75, 3.05) is 24.7 Å². The van der Waals surface area contributed by atoms with Gasteiger partial charge in [-0.15, -0.1) is 0 Å². The van der Waals surface area contributed by atoms with E-state index in [1.807, 2.05) is 18.2 Å². The van der Waals surface area contributed by atoms with Gasteiger partial charge in [0.1, 0.15) is 12.5 Å². The molecule has 0 radical (unpaired) electrons. The highest BCUT2D eigenvalue weighted by Gasteiger charge is 2.10. The van der Waals surface area contributed by atoms with E-state index < -0.39 is 0 Å². The van der Waals surface area contributed by atoms with Crippen molar-refractivity contribution in [2.24, 2.45) is 0 Å². The van der Waals surface area contributed by atoms with Crippen LogP contribution < -0.4 is 5.32 Å². The minimum Gasteiger partial charge on any atom is -0.369 e. The van der Waals surface area contributed by atoms with Gasteiger partial charge in [0.05, 0.1) is 17.2 Å². The van der Waals surface area contributed by atoms with E-state index in [4.69, 9.17) is 9.72 Å². The van der Waals surface area contributed by atoms with Gasteiger partial charge in [0.25, 0.3) is 0 Å². The zero-order valence-corrected chi connectivity index (χ0v) is 15.2. The lowest BCUT2D eigenvalue weighted by molar-refractivity contribution is 0.127. The molecule has 3 rings (SSSR count). The molecular formula is C18H23N5OS. The molecule has 0 aliphatic carbocycles. The highest BCUT2D eigenvalue weighted by molar-refractivity contribution is 7.99. The van der Waals surface area contributed by atoms with Crippen molar-refractivity contribution in [1.82, 2.24) is 19.5 Å². The first-order chi connectivity index (χ1) is 12.4. The summed E-state index contributed by atoms with van der Waals surface area (Å²) in [7, 11) is 1.72. The normalized spacial score (nSPS) is 11.1. The highest BCUT2D eigenvalue weighted by atomic mass is 32.2. The molecule has 0 saturated heterocycles. The number of nitrogens with one attached hydrogen (secondary N) is 1. The van der Waals surface area contributed by atoms with Crippen LogP contribution in [-0.4, -0.2) is 38.9 Å². The van der Waals surface area contributed by atoms with Crippen molar-refractivity contribution in [2.45, 2.75) is 31.1 Å². The van der Waals surface area contributed by atoms with Crippen molar-refractivity contribution in [3.63, 3.8) is 0 Å². The molecule has 0 aliphatic rings. The minimum atomic E-state index is 0.533. The number of unbranched alkanes of at least 4 members (excludes halogenated alkanes) is 2. The van der Waals surface area contributed by atoms with Gasteiger partial charge in [0, 0.05) is 31.8 Å². The van der Waals surface area contributed by atoms with E-state index in [2.05, 4.69) is 25.9 Å². The van der Waals surface area contributed by atoms with Gasteiger partial charge in [0.15, 0.2) is 5.16 Å². The molecule has 3 aromatic rings. The van der Waals surface area contributed by atoms with Crippen molar-refractivity contribution in [3.8, 4) is 0 Å². The standard InChI is InChI=1S/C18H23N5OS/c1-24-14-23-16-8-4-3-7-15(16)22-18(23)25-12-6-2-5-9-20-17-13-19-10-11-21-17/h3-4,7-8,10-11,13H,2,5-6,9,12,14H2,1H3,(H,20,21). The van der Waals surface area contributed by atoms with Gasteiger partial charge in [-0.2, -0.15) is 0 Å². The number of nitrogens with zero attached hydrogens (tertiary/aromatic N) is 4. The molecule has 25 heavy (non-hydrogen) atoms. The second-order valence-electron chi connectivity index (χ2n) is 5.66. The Balaban J connectivity index is 1.41. The summed E-state index contributed by atoms with van der Waals surface area (Å²) >= 11 is 1.80. The number of ether oxygens (including phenoxy) is 1. The Labute approximate surface area is 152 Å². The van der Waals surface area contributed by atoms with Crippen LogP contribution in [0.2, 0.25) is 0 Å². The lowest BCUT2D eigenvalue weighted by atomic mass is 10.2. The Morgan fingerprint density at radius 3 is 2.92 bits per heavy atom. The summed E-state index contributed by atoms with van der Waals surface area (Å²) in [5.74, 6) is 1.89. The number of anilines is 1. The Kier molecular flexibility index (Phi) is 6.64. The molecule has 0 spiro atoms. The summed E-state index contributed by atoms with van der Waals surface area (Å²) in [5, 5.41) is 4.31. The zero-order chi connectivity index (χ0) is 17.3. The fraction of sp³-hybridized carbons (Fsp3) is 0.389. The summed E-state index contributed by atoms with van der Waals surface area (Å²) in [6, 6.07) is 8.19. The molecule has 2 aromatic heterocycles. The molecule has 0 aliphatic heterocycles. The van der Waals surface area contributed by atoms with Gasteiger partial charge in [0.2, 0.25) is 0 Å². The van der Waals surface area contributed by atoms with Crippen LogP contribution in [0.5, 0.6) is 0 Å². The van der Waals surface area contributed by atoms with Crippen LogP contribution in [0.3, 0.4) is 0 Å². The topological polar surface area (TPSA) is 64.9 Å². The van der Waals surface area contributed by atoms with E-state index in [9.17, 15) is 0 Å². The van der Waals surface area contributed by atoms with Gasteiger partial charge in [-0.25, -0.2) is 9.97 Å². The van der Waals surface area contributed by atoms with Gasteiger partial charge >= 0.3 is 0 Å². The number of hydrogen-bond donors (Lipinski definition) is 1. The molecule has 0 amide bonds. The molecule has 1 N–H and O–H groups in total. The van der Waals surface area contributed by atoms with E-state index in [-0.39, 0.29) is 0 Å². The molecule has 1 aromatic carbocycles. The number of benzene rings is 1. The fourth-order valence-electron chi connectivity index (χ4n) is 2.59. The maximum absolute atomic E-state index is 5.33. The third-order valence-corrected chi connectivity index (χ3v) is 4.86. The summed E-state index contributed by atoms with van der Waals surface area (Å²) in [6.45, 7) is 1.45. The predicted octanol–water partition coefficient (Wildman–Crippen LogP) is 3.80. The number of thioether (sulfide) groups is 1. The van der Waals surface area contributed by atoms with Crippen LogP contribution in [0.1, 0.15) is 19.3 Å². The zero-order valence-electron chi connectivity index (χ0n) is 14.4. The van der Waals surface area contributed by atoms with Crippen LogP contribution in [0, 0.1) is 0 Å². The first-order valence-electron chi connectivity index (χ1n) is 8.45. The summed E-state index contributed by atoms with van der Waals surface area (Å²) in [6.07, 6.45) is 8.57. The number of imidazole rings is 1. The second-order valence-corrected chi connectivity index (χ2v) is 6.72. The maximum Gasteiger partial charge on any atom is 0.170 e. The van der Waals surface area contributed by atoms with Crippen LogP contribution >= 0.6 is 11.8 Å². The maximum atomic E-state index is 5.33. The molecule has 0 fully saturated rings. The van der Waals surface area contributed by atoms with Crippen molar-refractivity contribution < 1.29 is 4.74 Å². The molecule has 7 heteroatoms. The van der Waals surface area contributed by atoms with E-state index in [0.717, 1.165) is 47.1 Å². The van der Waals surface area contributed by atoms with Crippen LogP contribution in [0.25, 0.3) is 11.0 Å². The third-order valence-electron chi connectivity index (χ3n) is 3.80. The number of para-hydroxylation sites is 2. The largest absolute Gasteiger partial charge is 0.369 e. The number of aromatic nitrogens is 4. The van der Waals surface area contributed by atoms with E-state index in [1.54, 1.807) is 37.5 Å². The SMILES string of the molecule is COCn1c(SCCCCCNc2cnccn2)nc2ccccc21. The third kappa shape index (κ3) is 4.93. The van der Waals surface area contributed by atoms with E-state index in [1.165, 1.54) is 6.42 Å². The van der Waals surface area contributed by atoms with Crippen LogP contribution in [0.4, 0.5) is 5.82 Å². The summed E-state index contributed by atoms with van der Waals surface area (Å²) in [4.78, 5) is 13.0. The minimum absolute atomic E-state index is 0.533. The molecule has 6 nitrogen and oxygen atoms in total. The van der Waals surface area contributed by atoms with Gasteiger partial charge < -0.3 is 10.1 Å². The van der Waals surface area contributed by atoms with Crippen molar-refractivity contribution in [3.05, 3.63) is 42.9 Å². The predicted molar refractivity (Wildman–Crippen MR) is 102 cm³/mol. The average molecular weight is 357 g/mol. The quantitative estimate of drug-likeness (QED) is 0.440. The lowest BCUT2D eigenvalue weighted by Crippen LogP contribution is -2.03. The molecular weight excluding hydrogens is 334 g/mol. The Morgan fingerprint density at radius 2 is 2.08 bits per heavy atom. The Morgan fingerprint density at radius 1 is 1.16 bits per heavy atom. The van der Waals surface area contributed by atoms with Gasteiger partial charge in [-0.3, -0.25) is 9.55 Å². The molecule has 132 valence electrons. The van der Waals surface area contributed by atoms with Gasteiger partial charge in [-0.05, 0) is 25.0 Å². The number of fused-ring (bicyclic) bond motifs is 1. The number of methoxy groups -OCH3 is 1. The lowest BCUT2D eigenvalue weighted by Gasteiger charge is -2.07. The van der Waals surface area contributed by atoms with Crippen LogP contribution in [0.15, 0.2) is 48.0 Å². The molecule has 2 heterocycles. The molecule has 0 saturated carbocycles. The summed E-state index contributed by atoms with van der Waals surface area (Å²) in [5.41, 5.74) is 2.15. The second kappa shape index (κ2) is 9.39. The average Bonchev–Trinajstić information content (AvgIpc) is 3.00.